The highest BCUT2D eigenvalue weighted by atomic mass is 19.3. The number of methoxy groups -OCH3 is 1. The van der Waals surface area contributed by atoms with E-state index >= 15 is 0 Å². The molecule has 3 N–H and O–H groups in total. The van der Waals surface area contributed by atoms with Gasteiger partial charge in [0.1, 0.15) is 5.75 Å². The molecule has 38 heavy (non-hydrogen) atoms. The summed E-state index contributed by atoms with van der Waals surface area (Å²) in [5.74, 6) is 0.114. The van der Waals surface area contributed by atoms with Gasteiger partial charge in [0, 0.05) is 73.0 Å². The Kier molecular flexibility index (Phi) is 7.83. The molecular formula is C28H34F2N4O4. The zero-order valence-electron chi connectivity index (χ0n) is 21.7. The van der Waals surface area contributed by atoms with Crippen molar-refractivity contribution in [2.45, 2.75) is 25.9 Å². The third kappa shape index (κ3) is 5.48. The van der Waals surface area contributed by atoms with Crippen molar-refractivity contribution in [1.29, 1.82) is 0 Å². The number of aromatic carboxylic acids is 1. The van der Waals surface area contributed by atoms with Crippen LogP contribution >= 0.6 is 0 Å². The quantitative estimate of drug-likeness (QED) is 0.360. The summed E-state index contributed by atoms with van der Waals surface area (Å²) in [5, 5.41) is 14.1. The van der Waals surface area contributed by atoms with Gasteiger partial charge in [-0.1, -0.05) is 6.07 Å². The van der Waals surface area contributed by atoms with E-state index in [-0.39, 0.29) is 18.2 Å². The molecule has 0 bridgehead atoms. The van der Waals surface area contributed by atoms with Gasteiger partial charge in [-0.2, -0.15) is 0 Å². The van der Waals surface area contributed by atoms with Crippen LogP contribution in [0.15, 0.2) is 36.5 Å². The van der Waals surface area contributed by atoms with Crippen LogP contribution in [0.1, 0.15) is 33.1 Å². The number of carbonyl (C=O) groups is 1. The molecular weight excluding hydrogens is 494 g/mol. The molecule has 2 fully saturated rings. The molecule has 1 atom stereocenters. The van der Waals surface area contributed by atoms with E-state index in [9.17, 15) is 18.7 Å². The van der Waals surface area contributed by atoms with E-state index in [1.807, 2.05) is 37.4 Å². The van der Waals surface area contributed by atoms with Crippen LogP contribution in [0.3, 0.4) is 0 Å². The first kappa shape index (κ1) is 26.4. The average molecular weight is 529 g/mol. The number of H-pyrrole nitrogens is 1. The summed E-state index contributed by atoms with van der Waals surface area (Å²) >= 11 is 0. The average Bonchev–Trinajstić information content (AvgIpc) is 3.35. The van der Waals surface area contributed by atoms with Gasteiger partial charge < -0.3 is 24.9 Å². The maximum absolute atomic E-state index is 13.3. The van der Waals surface area contributed by atoms with E-state index in [4.69, 9.17) is 9.47 Å². The lowest BCUT2D eigenvalue weighted by Gasteiger charge is -2.42. The Balaban J connectivity index is 1.49. The standard InChI is InChI=1S/C28H34F2N4O4/c1-17-9-25(37-2)22(20-5-6-31-27(17)20)12-34-8-7-33(14-26(29)30)13-24(34)19-3-4-21(28(35)36)23(10-19)32-11-18-15-38-16-18/h3-6,9-10,18,24,26,31-32H,7-8,11-16H2,1-2H3,(H,35,36)/t24-/m1/s1. The van der Waals surface area contributed by atoms with Gasteiger partial charge in [-0.3, -0.25) is 9.80 Å². The molecule has 0 spiro atoms. The molecule has 0 unspecified atom stereocenters. The van der Waals surface area contributed by atoms with Gasteiger partial charge in [0.15, 0.2) is 0 Å². The summed E-state index contributed by atoms with van der Waals surface area (Å²) in [6, 6.07) is 9.13. The van der Waals surface area contributed by atoms with Crippen molar-refractivity contribution >= 4 is 22.6 Å². The van der Waals surface area contributed by atoms with Gasteiger partial charge in [0.05, 0.1) is 32.4 Å². The number of aromatic nitrogens is 1. The zero-order chi connectivity index (χ0) is 26.8. The van der Waals surface area contributed by atoms with E-state index in [0.717, 1.165) is 33.3 Å². The molecule has 2 aromatic carbocycles. The number of benzene rings is 2. The predicted octanol–water partition coefficient (Wildman–Crippen LogP) is 4.37. The number of carboxylic acids is 1. The maximum Gasteiger partial charge on any atom is 0.337 e. The first-order valence-corrected chi connectivity index (χ1v) is 12.9. The number of nitrogens with zero attached hydrogens (tertiary/aromatic N) is 2. The van der Waals surface area contributed by atoms with Gasteiger partial charge >= 0.3 is 5.97 Å². The summed E-state index contributed by atoms with van der Waals surface area (Å²) in [6.07, 6.45) is -0.510. The summed E-state index contributed by atoms with van der Waals surface area (Å²) < 4.78 is 37.7. The number of hydrogen-bond donors (Lipinski definition) is 3. The van der Waals surface area contributed by atoms with E-state index in [0.29, 0.717) is 57.5 Å². The molecule has 8 nitrogen and oxygen atoms in total. The van der Waals surface area contributed by atoms with Crippen LogP contribution < -0.4 is 10.1 Å². The Morgan fingerprint density at radius 2 is 2.08 bits per heavy atom. The second-order valence-corrected chi connectivity index (χ2v) is 10.2. The third-order valence-corrected chi connectivity index (χ3v) is 7.61. The molecule has 3 heterocycles. The lowest BCUT2D eigenvalue weighted by atomic mass is 9.97. The second-order valence-electron chi connectivity index (χ2n) is 10.2. The number of carboxylic acid groups (broad SMARTS) is 1. The van der Waals surface area contributed by atoms with E-state index in [1.165, 1.54) is 0 Å². The number of piperazine rings is 1. The molecule has 5 rings (SSSR count). The highest BCUT2D eigenvalue weighted by molar-refractivity contribution is 5.94. The smallest absolute Gasteiger partial charge is 0.337 e. The molecule has 0 amide bonds. The number of rotatable bonds is 10. The van der Waals surface area contributed by atoms with Crippen molar-refractivity contribution in [2.75, 3.05) is 58.4 Å². The van der Waals surface area contributed by atoms with Gasteiger partial charge in [-0.25, -0.2) is 13.6 Å². The largest absolute Gasteiger partial charge is 0.496 e. The van der Waals surface area contributed by atoms with Crippen LogP contribution in [0.5, 0.6) is 5.75 Å². The lowest BCUT2D eigenvalue weighted by Crippen LogP contribution is -2.49. The molecule has 2 aliphatic rings. The topological polar surface area (TPSA) is 90.1 Å². The number of nitrogens with one attached hydrogen (secondary N) is 2. The van der Waals surface area contributed by atoms with Gasteiger partial charge in [0.25, 0.3) is 6.43 Å². The summed E-state index contributed by atoms with van der Waals surface area (Å²) in [5.41, 5.74) is 4.78. The highest BCUT2D eigenvalue weighted by Gasteiger charge is 2.31. The number of halogens is 2. The van der Waals surface area contributed by atoms with Crippen molar-refractivity contribution in [3.63, 3.8) is 0 Å². The number of fused-ring (bicyclic) bond motifs is 1. The van der Waals surface area contributed by atoms with Crippen molar-refractivity contribution in [2.24, 2.45) is 5.92 Å². The van der Waals surface area contributed by atoms with Crippen LogP contribution in [0.2, 0.25) is 0 Å². The fourth-order valence-electron chi connectivity index (χ4n) is 5.49. The third-order valence-electron chi connectivity index (χ3n) is 7.61. The van der Waals surface area contributed by atoms with Gasteiger partial charge in [-0.05, 0) is 42.3 Å². The first-order valence-electron chi connectivity index (χ1n) is 12.9. The molecule has 1 aromatic heterocycles. The van der Waals surface area contributed by atoms with Crippen molar-refractivity contribution < 1.29 is 28.2 Å². The molecule has 0 saturated carbocycles. The fourth-order valence-corrected chi connectivity index (χ4v) is 5.49. The minimum absolute atomic E-state index is 0.190. The Labute approximate surface area is 220 Å². The van der Waals surface area contributed by atoms with Crippen molar-refractivity contribution in [3.05, 3.63) is 58.8 Å². The molecule has 2 saturated heterocycles. The lowest BCUT2D eigenvalue weighted by molar-refractivity contribution is -0.0248. The molecule has 2 aliphatic heterocycles. The maximum atomic E-state index is 13.3. The van der Waals surface area contributed by atoms with Crippen LogP contribution in [-0.2, 0) is 11.3 Å². The minimum atomic E-state index is -2.42. The number of anilines is 1. The van der Waals surface area contributed by atoms with Gasteiger partial charge in [0.2, 0.25) is 0 Å². The number of hydrogen-bond acceptors (Lipinski definition) is 6. The molecule has 3 aromatic rings. The van der Waals surface area contributed by atoms with Crippen LogP contribution in [0, 0.1) is 12.8 Å². The van der Waals surface area contributed by atoms with Crippen LogP contribution in [-0.4, -0.2) is 85.3 Å². The van der Waals surface area contributed by atoms with Gasteiger partial charge in [-0.15, -0.1) is 0 Å². The number of aryl methyl sites for hydroxylation is 1. The predicted molar refractivity (Wildman–Crippen MR) is 141 cm³/mol. The first-order chi connectivity index (χ1) is 18.3. The Hall–Kier alpha value is -3.21. The number of alkyl halides is 2. The number of aromatic amines is 1. The fraction of sp³-hybridized carbons (Fsp3) is 0.464. The Morgan fingerprint density at radius 3 is 2.76 bits per heavy atom. The zero-order valence-corrected chi connectivity index (χ0v) is 21.7. The molecule has 0 radical (unpaired) electrons. The highest BCUT2D eigenvalue weighted by Crippen LogP contribution is 2.36. The Bertz CT molecular complexity index is 1290. The monoisotopic (exact) mass is 528 g/mol. The molecule has 0 aliphatic carbocycles. The van der Waals surface area contributed by atoms with Crippen LogP contribution in [0.4, 0.5) is 14.5 Å². The van der Waals surface area contributed by atoms with E-state index in [1.54, 1.807) is 18.1 Å². The Morgan fingerprint density at radius 1 is 1.26 bits per heavy atom. The molecule has 204 valence electrons. The van der Waals surface area contributed by atoms with E-state index < -0.39 is 12.4 Å². The molecule has 10 heteroatoms. The SMILES string of the molecule is COc1cc(C)c2[nH]ccc2c1CN1CCN(CC(F)F)C[C@@H]1c1ccc(C(=O)O)c(NCC2COC2)c1. The summed E-state index contributed by atoms with van der Waals surface area (Å²) in [4.78, 5) is 19.3. The van der Waals surface area contributed by atoms with E-state index in [2.05, 4.69) is 15.2 Å². The van der Waals surface area contributed by atoms with Crippen LogP contribution in [0.25, 0.3) is 10.9 Å². The van der Waals surface area contributed by atoms with Crippen molar-refractivity contribution in [3.8, 4) is 5.75 Å². The number of ether oxygens (including phenoxy) is 2. The summed E-state index contributed by atoms with van der Waals surface area (Å²) in [6.45, 7) is 5.74. The normalized spacial score (nSPS) is 19.1. The summed E-state index contributed by atoms with van der Waals surface area (Å²) in [7, 11) is 1.66. The second kappa shape index (κ2) is 11.3. The minimum Gasteiger partial charge on any atom is -0.496 e. The van der Waals surface area contributed by atoms with Crippen molar-refractivity contribution in [1.82, 2.24) is 14.8 Å².